The number of nitrogens with zero attached hydrogens (tertiary/aromatic N) is 2. The van der Waals surface area contributed by atoms with Crippen molar-refractivity contribution in [2.24, 2.45) is 0 Å². The smallest absolute Gasteiger partial charge is 0.251 e. The molecule has 2 fully saturated rings. The Labute approximate surface area is 187 Å². The Balaban J connectivity index is 2.29. The summed E-state index contributed by atoms with van der Waals surface area (Å²) in [5.74, 6) is -0.0391. The summed E-state index contributed by atoms with van der Waals surface area (Å²) in [6.07, 6.45) is 9.29. The minimum Gasteiger partial charge on any atom is -0.363 e. The number of rotatable bonds is 10. The minimum atomic E-state index is -0.711. The van der Waals surface area contributed by atoms with Crippen molar-refractivity contribution in [2.75, 3.05) is 26.2 Å². The summed E-state index contributed by atoms with van der Waals surface area (Å²) in [6.45, 7) is 11.5. The molecular formula is C21H39N5OS2. The van der Waals surface area contributed by atoms with E-state index in [1.807, 2.05) is 13.8 Å². The molecule has 0 saturated carbocycles. The van der Waals surface area contributed by atoms with Gasteiger partial charge < -0.3 is 25.8 Å². The first-order chi connectivity index (χ1) is 13.8. The van der Waals surface area contributed by atoms with Crippen molar-refractivity contribution < 1.29 is 4.79 Å². The van der Waals surface area contributed by atoms with Crippen LogP contribution in [0.15, 0.2) is 0 Å². The van der Waals surface area contributed by atoms with Crippen LogP contribution in [0.2, 0.25) is 0 Å². The molecule has 3 N–H and O–H groups in total. The topological polar surface area (TPSA) is 59.6 Å². The number of hydrogen-bond acceptors (Lipinski definition) is 4. The number of hydrogen-bond donors (Lipinski definition) is 3. The van der Waals surface area contributed by atoms with E-state index in [4.69, 9.17) is 24.4 Å². The molecule has 1 unspecified atom stereocenters. The zero-order valence-electron chi connectivity index (χ0n) is 18.6. The van der Waals surface area contributed by atoms with Crippen molar-refractivity contribution >= 4 is 40.6 Å². The van der Waals surface area contributed by atoms with Crippen molar-refractivity contribution in [3.63, 3.8) is 0 Å². The van der Waals surface area contributed by atoms with Gasteiger partial charge in [0, 0.05) is 26.2 Å². The lowest BCUT2D eigenvalue weighted by molar-refractivity contribution is -0.130. The molecular weight excluding hydrogens is 402 g/mol. The molecule has 1 atom stereocenters. The van der Waals surface area contributed by atoms with Crippen LogP contribution in [0.3, 0.4) is 0 Å². The van der Waals surface area contributed by atoms with E-state index in [2.05, 4.69) is 39.6 Å². The fourth-order valence-electron chi connectivity index (χ4n) is 4.49. The molecule has 0 spiro atoms. The first-order valence-corrected chi connectivity index (χ1v) is 12.0. The number of nitrogens with one attached hydrogen (secondary N) is 3. The van der Waals surface area contributed by atoms with Gasteiger partial charge in [0.05, 0.1) is 0 Å². The Morgan fingerprint density at radius 1 is 1.14 bits per heavy atom. The van der Waals surface area contributed by atoms with Gasteiger partial charge in [-0.1, -0.05) is 46.0 Å². The van der Waals surface area contributed by atoms with E-state index < -0.39 is 11.2 Å². The van der Waals surface area contributed by atoms with Crippen LogP contribution in [0, 0.1) is 0 Å². The monoisotopic (exact) mass is 441 g/mol. The summed E-state index contributed by atoms with van der Waals surface area (Å²) in [6, 6.07) is 0. The molecule has 2 rings (SSSR count). The molecule has 6 nitrogen and oxygen atoms in total. The second kappa shape index (κ2) is 10.9. The van der Waals surface area contributed by atoms with Crippen LogP contribution in [0.5, 0.6) is 0 Å². The second-order valence-corrected chi connectivity index (χ2v) is 9.49. The van der Waals surface area contributed by atoms with Gasteiger partial charge in [-0.3, -0.25) is 4.79 Å². The van der Waals surface area contributed by atoms with E-state index in [-0.39, 0.29) is 5.91 Å². The third-order valence-electron chi connectivity index (χ3n) is 6.08. The average molecular weight is 442 g/mol. The highest BCUT2D eigenvalue weighted by molar-refractivity contribution is 7.80. The van der Waals surface area contributed by atoms with Crippen LogP contribution in [-0.2, 0) is 4.79 Å². The molecule has 0 aromatic heterocycles. The van der Waals surface area contributed by atoms with Gasteiger partial charge in [-0.15, -0.1) is 0 Å². The van der Waals surface area contributed by atoms with Crippen molar-refractivity contribution in [2.45, 2.75) is 90.3 Å². The number of piperazine rings is 1. The fraction of sp³-hybridized carbons (Fsp3) is 0.857. The Kier molecular flexibility index (Phi) is 9.10. The number of amides is 1. The molecule has 2 saturated heterocycles. The molecule has 0 radical (unpaired) electrons. The Morgan fingerprint density at radius 2 is 1.83 bits per heavy atom. The van der Waals surface area contributed by atoms with Gasteiger partial charge in [-0.25, -0.2) is 0 Å². The molecule has 8 heteroatoms. The highest BCUT2D eigenvalue weighted by Crippen LogP contribution is 2.37. The summed E-state index contributed by atoms with van der Waals surface area (Å²) >= 11 is 11.5. The summed E-state index contributed by atoms with van der Waals surface area (Å²) in [5.41, 5.74) is -1.16. The standard InChI is InChI=1S/C21H39N5OS2/c1-5-7-8-9-10-11-12-21(26-19(29)24-17(27)20(26,3)4)16-22-14-15-25(21)18(28)23-13-6-2/h22H,5-16H2,1-4H3,(H,23,28)(H,24,27,29). The Bertz CT molecular complexity index is 598. The Morgan fingerprint density at radius 3 is 2.45 bits per heavy atom. The molecule has 29 heavy (non-hydrogen) atoms. The summed E-state index contributed by atoms with van der Waals surface area (Å²) in [7, 11) is 0. The SMILES string of the molecule is CCCCCCCCC1(N2C(=S)NC(=O)C2(C)C)CNCCN1C(=S)NCCC. The van der Waals surface area contributed by atoms with E-state index in [9.17, 15) is 4.79 Å². The summed E-state index contributed by atoms with van der Waals surface area (Å²) in [5, 5.41) is 11.1. The van der Waals surface area contributed by atoms with Gasteiger partial charge in [-0.2, -0.15) is 0 Å². The van der Waals surface area contributed by atoms with Crippen LogP contribution in [0.4, 0.5) is 0 Å². The van der Waals surface area contributed by atoms with Crippen molar-refractivity contribution in [1.82, 2.24) is 25.8 Å². The van der Waals surface area contributed by atoms with E-state index in [1.165, 1.54) is 32.1 Å². The second-order valence-electron chi connectivity index (χ2n) is 8.71. The predicted octanol–water partition coefficient (Wildman–Crippen LogP) is 3.12. The lowest BCUT2D eigenvalue weighted by atomic mass is 9.90. The highest BCUT2D eigenvalue weighted by atomic mass is 32.1. The molecule has 0 aromatic rings. The third-order valence-corrected chi connectivity index (χ3v) is 6.73. The molecule has 0 aromatic carbocycles. The number of carbonyl (C=O) groups is 1. The molecule has 2 aliphatic rings. The first kappa shape index (κ1) is 24.3. The maximum Gasteiger partial charge on any atom is 0.251 e. The molecule has 1 amide bonds. The Hall–Kier alpha value is -0.990. The van der Waals surface area contributed by atoms with Crippen LogP contribution < -0.4 is 16.0 Å². The lowest BCUT2D eigenvalue weighted by Crippen LogP contribution is -2.75. The first-order valence-electron chi connectivity index (χ1n) is 11.2. The van der Waals surface area contributed by atoms with Gasteiger partial charge in [0.2, 0.25) is 0 Å². The van der Waals surface area contributed by atoms with Crippen LogP contribution >= 0.6 is 24.4 Å². The maximum atomic E-state index is 12.7. The average Bonchev–Trinajstić information content (AvgIpc) is 2.89. The molecule has 0 bridgehead atoms. The van der Waals surface area contributed by atoms with E-state index in [0.29, 0.717) is 5.11 Å². The summed E-state index contributed by atoms with van der Waals surface area (Å²) in [4.78, 5) is 17.1. The fourth-order valence-corrected chi connectivity index (χ4v) is 5.35. The van der Waals surface area contributed by atoms with E-state index in [0.717, 1.165) is 50.6 Å². The van der Waals surface area contributed by atoms with Crippen molar-refractivity contribution in [3.8, 4) is 0 Å². The zero-order valence-corrected chi connectivity index (χ0v) is 20.2. The number of carbonyl (C=O) groups excluding carboxylic acids is 1. The number of unbranched alkanes of at least 4 members (excludes halogenated alkanes) is 5. The minimum absolute atomic E-state index is 0.0391. The van der Waals surface area contributed by atoms with Gasteiger partial charge >= 0.3 is 0 Å². The van der Waals surface area contributed by atoms with Crippen molar-refractivity contribution in [3.05, 3.63) is 0 Å². The molecule has 0 aliphatic carbocycles. The number of thiocarbonyl (C=S) groups is 2. The third kappa shape index (κ3) is 5.39. The van der Waals surface area contributed by atoms with E-state index in [1.54, 1.807) is 0 Å². The van der Waals surface area contributed by atoms with Gasteiger partial charge in [-0.05, 0) is 57.5 Å². The van der Waals surface area contributed by atoms with Crippen LogP contribution in [0.1, 0.15) is 79.1 Å². The molecule has 2 aliphatic heterocycles. The summed E-state index contributed by atoms with van der Waals surface area (Å²) < 4.78 is 0. The van der Waals surface area contributed by atoms with Gasteiger partial charge in [0.25, 0.3) is 5.91 Å². The maximum absolute atomic E-state index is 12.7. The lowest BCUT2D eigenvalue weighted by Gasteiger charge is -2.56. The van der Waals surface area contributed by atoms with Gasteiger partial charge in [0.1, 0.15) is 11.2 Å². The normalized spacial score (nSPS) is 24.0. The van der Waals surface area contributed by atoms with Gasteiger partial charge in [0.15, 0.2) is 10.2 Å². The van der Waals surface area contributed by atoms with E-state index >= 15 is 0 Å². The zero-order chi connectivity index (χ0) is 21.5. The highest BCUT2D eigenvalue weighted by Gasteiger charge is 2.56. The van der Waals surface area contributed by atoms with Crippen molar-refractivity contribution in [1.29, 1.82) is 0 Å². The molecule has 166 valence electrons. The predicted molar refractivity (Wildman–Crippen MR) is 128 cm³/mol. The quantitative estimate of drug-likeness (QED) is 0.356. The largest absolute Gasteiger partial charge is 0.363 e. The van der Waals surface area contributed by atoms with Crippen LogP contribution in [-0.4, -0.2) is 63.3 Å². The molecule has 2 heterocycles. The van der Waals surface area contributed by atoms with Crippen LogP contribution in [0.25, 0.3) is 0 Å².